The lowest BCUT2D eigenvalue weighted by Crippen LogP contribution is -2.39. The molecule has 1 rings (SSSR count). The maximum Gasteiger partial charge on any atom is 0.305 e. The summed E-state index contributed by atoms with van der Waals surface area (Å²) >= 11 is 0. The molecule has 1 heterocycles. The fourth-order valence-electron chi connectivity index (χ4n) is 3.78. The molecule has 0 aliphatic carbocycles. The van der Waals surface area contributed by atoms with Gasteiger partial charge in [-0.05, 0) is 35.3 Å². The van der Waals surface area contributed by atoms with Gasteiger partial charge in [0.15, 0.2) is 0 Å². The maximum atomic E-state index is 6.31. The van der Waals surface area contributed by atoms with Gasteiger partial charge in [-0.3, -0.25) is 0 Å². The minimum absolute atomic E-state index is 0.185. The molecular weight excluding hydrogens is 207 g/mol. The number of hydrogen-bond acceptors (Lipinski definition) is 1. The monoisotopic (exact) mass is 238 g/mol. The molecule has 0 aromatic carbocycles. The standard InChI is InChI=1S/C15H31BO/c1-11(2)17-16-14(7,8)12(3,4)13(5,6)15(16,9)10/h11H,1-10H3. The van der Waals surface area contributed by atoms with Crippen molar-refractivity contribution >= 4 is 6.92 Å². The summed E-state index contributed by atoms with van der Waals surface area (Å²) in [6.45, 7) is 23.7. The van der Waals surface area contributed by atoms with Gasteiger partial charge in [0.2, 0.25) is 0 Å². The van der Waals surface area contributed by atoms with Crippen LogP contribution in [0.1, 0.15) is 69.2 Å². The third-order valence-corrected chi connectivity index (χ3v) is 6.50. The largest absolute Gasteiger partial charge is 0.433 e. The second kappa shape index (κ2) is 3.76. The van der Waals surface area contributed by atoms with Crippen LogP contribution in [0.3, 0.4) is 0 Å². The van der Waals surface area contributed by atoms with Crippen molar-refractivity contribution < 1.29 is 4.65 Å². The third kappa shape index (κ3) is 1.70. The lowest BCUT2D eigenvalue weighted by molar-refractivity contribution is 0.0633. The molecule has 1 aliphatic rings. The SMILES string of the molecule is CC(C)OB1C(C)(C)C(C)(C)C(C)(C)C1(C)C. The molecule has 1 fully saturated rings. The van der Waals surface area contributed by atoms with Crippen LogP contribution in [0.2, 0.25) is 10.6 Å². The molecule has 0 saturated carbocycles. The highest BCUT2D eigenvalue weighted by molar-refractivity contribution is 6.60. The first-order chi connectivity index (χ1) is 7.30. The molecule has 0 unspecified atom stereocenters. The quantitative estimate of drug-likeness (QED) is 0.613. The summed E-state index contributed by atoms with van der Waals surface area (Å²) in [6, 6.07) is 0. The van der Waals surface area contributed by atoms with Crippen LogP contribution in [0, 0.1) is 10.8 Å². The number of rotatable bonds is 2. The van der Waals surface area contributed by atoms with Crippen LogP contribution in [-0.4, -0.2) is 13.0 Å². The Morgan fingerprint density at radius 1 is 0.706 bits per heavy atom. The second-order valence-corrected chi connectivity index (χ2v) is 8.26. The fraction of sp³-hybridized carbons (Fsp3) is 1.00. The molecule has 2 heteroatoms. The van der Waals surface area contributed by atoms with Crippen LogP contribution in [-0.2, 0) is 4.65 Å². The predicted octanol–water partition coefficient (Wildman–Crippen LogP) is 5.03. The van der Waals surface area contributed by atoms with Crippen LogP contribution >= 0.6 is 0 Å². The van der Waals surface area contributed by atoms with Crippen LogP contribution in [0.5, 0.6) is 0 Å². The smallest absolute Gasteiger partial charge is 0.305 e. The number of hydrogen-bond donors (Lipinski definition) is 0. The zero-order valence-corrected chi connectivity index (χ0v) is 13.6. The van der Waals surface area contributed by atoms with Crippen molar-refractivity contribution in [2.45, 2.75) is 86.0 Å². The van der Waals surface area contributed by atoms with Gasteiger partial charge in [0.25, 0.3) is 0 Å². The van der Waals surface area contributed by atoms with Crippen molar-refractivity contribution in [2.75, 3.05) is 0 Å². The Balaban J connectivity index is 3.32. The van der Waals surface area contributed by atoms with Gasteiger partial charge < -0.3 is 4.65 Å². The minimum atomic E-state index is 0.185. The van der Waals surface area contributed by atoms with E-state index in [1.165, 1.54) is 0 Å². The maximum absolute atomic E-state index is 6.31. The Bertz CT molecular complexity index is 274. The van der Waals surface area contributed by atoms with Crippen molar-refractivity contribution in [3.63, 3.8) is 0 Å². The molecule has 1 nitrogen and oxygen atoms in total. The molecule has 0 aromatic heterocycles. The molecule has 0 bridgehead atoms. The van der Waals surface area contributed by atoms with E-state index < -0.39 is 0 Å². The first-order valence-corrected chi connectivity index (χ1v) is 6.95. The zero-order chi connectivity index (χ0) is 13.9. The van der Waals surface area contributed by atoms with Crippen molar-refractivity contribution in [2.24, 2.45) is 10.8 Å². The molecule has 100 valence electrons. The molecule has 1 aliphatic heterocycles. The first kappa shape index (κ1) is 15.1. The molecule has 17 heavy (non-hydrogen) atoms. The van der Waals surface area contributed by atoms with E-state index >= 15 is 0 Å². The van der Waals surface area contributed by atoms with Gasteiger partial charge in [0, 0.05) is 6.10 Å². The highest BCUT2D eigenvalue weighted by atomic mass is 16.4. The Labute approximate surface area is 109 Å². The lowest BCUT2D eigenvalue weighted by Gasteiger charge is -2.47. The van der Waals surface area contributed by atoms with Gasteiger partial charge in [-0.2, -0.15) is 0 Å². The van der Waals surface area contributed by atoms with E-state index in [-0.39, 0.29) is 21.5 Å². The van der Waals surface area contributed by atoms with Gasteiger partial charge in [-0.1, -0.05) is 55.4 Å². The average molecular weight is 238 g/mol. The Morgan fingerprint density at radius 3 is 1.24 bits per heavy atom. The molecule has 0 atom stereocenters. The van der Waals surface area contributed by atoms with E-state index in [0.717, 1.165) is 0 Å². The molecule has 1 saturated heterocycles. The zero-order valence-electron chi connectivity index (χ0n) is 13.6. The second-order valence-electron chi connectivity index (χ2n) is 8.26. The highest BCUT2D eigenvalue weighted by Crippen LogP contribution is 2.75. The van der Waals surface area contributed by atoms with Gasteiger partial charge >= 0.3 is 6.92 Å². The molecule has 0 radical (unpaired) electrons. The van der Waals surface area contributed by atoms with E-state index in [0.29, 0.717) is 13.0 Å². The van der Waals surface area contributed by atoms with Gasteiger partial charge in [-0.15, -0.1) is 0 Å². The van der Waals surface area contributed by atoms with Crippen molar-refractivity contribution in [3.05, 3.63) is 0 Å². The van der Waals surface area contributed by atoms with Gasteiger partial charge in [0.1, 0.15) is 0 Å². The van der Waals surface area contributed by atoms with Gasteiger partial charge in [-0.25, -0.2) is 0 Å². The van der Waals surface area contributed by atoms with E-state index in [1.807, 2.05) is 0 Å². The van der Waals surface area contributed by atoms with Gasteiger partial charge in [0.05, 0.1) is 0 Å². The van der Waals surface area contributed by atoms with E-state index in [9.17, 15) is 0 Å². The van der Waals surface area contributed by atoms with E-state index in [1.54, 1.807) is 0 Å². The normalized spacial score (nSPS) is 28.8. The van der Waals surface area contributed by atoms with Crippen molar-refractivity contribution in [1.82, 2.24) is 0 Å². The topological polar surface area (TPSA) is 9.23 Å². The molecule has 0 N–H and O–H groups in total. The van der Waals surface area contributed by atoms with E-state index in [4.69, 9.17) is 4.65 Å². The summed E-state index contributed by atoms with van der Waals surface area (Å²) in [6.07, 6.45) is 0.295. The predicted molar refractivity (Wildman–Crippen MR) is 77.6 cm³/mol. The highest BCUT2D eigenvalue weighted by Gasteiger charge is 2.71. The minimum Gasteiger partial charge on any atom is -0.433 e. The Hall–Kier alpha value is 0.0249. The summed E-state index contributed by atoms with van der Waals surface area (Å²) in [7, 11) is 0. The summed E-state index contributed by atoms with van der Waals surface area (Å²) < 4.78 is 6.31. The molecule has 0 spiro atoms. The summed E-state index contributed by atoms with van der Waals surface area (Å²) in [5, 5.41) is 0.370. The molecule has 0 aromatic rings. The lowest BCUT2D eigenvalue weighted by atomic mass is 9.36. The van der Waals surface area contributed by atoms with Crippen LogP contribution in [0.25, 0.3) is 0 Å². The van der Waals surface area contributed by atoms with Crippen LogP contribution in [0.15, 0.2) is 0 Å². The first-order valence-electron chi connectivity index (χ1n) is 6.95. The van der Waals surface area contributed by atoms with Crippen LogP contribution < -0.4 is 0 Å². The average Bonchev–Trinajstić information content (AvgIpc) is 2.16. The molecular formula is C15H31BO. The van der Waals surface area contributed by atoms with Crippen LogP contribution in [0.4, 0.5) is 0 Å². The van der Waals surface area contributed by atoms with Crippen molar-refractivity contribution in [3.8, 4) is 0 Å². The fourth-order valence-corrected chi connectivity index (χ4v) is 3.78. The third-order valence-electron chi connectivity index (χ3n) is 6.50. The molecule has 0 amide bonds. The Morgan fingerprint density at radius 2 is 1.00 bits per heavy atom. The van der Waals surface area contributed by atoms with Crippen molar-refractivity contribution in [1.29, 1.82) is 0 Å². The summed E-state index contributed by atoms with van der Waals surface area (Å²) in [5.41, 5.74) is 0.506. The Kier molecular flexibility index (Phi) is 3.33. The summed E-state index contributed by atoms with van der Waals surface area (Å²) in [5.74, 6) is 0. The summed E-state index contributed by atoms with van der Waals surface area (Å²) in [4.78, 5) is 0. The van der Waals surface area contributed by atoms with E-state index in [2.05, 4.69) is 69.2 Å².